The van der Waals surface area contributed by atoms with Gasteiger partial charge in [-0.05, 0) is 53.2 Å². The molecule has 0 radical (unpaired) electrons. The van der Waals surface area contributed by atoms with Gasteiger partial charge in [0, 0.05) is 9.35 Å². The summed E-state index contributed by atoms with van der Waals surface area (Å²) in [5.74, 6) is -1.00. The number of hydrogen-bond acceptors (Lipinski definition) is 3. The first kappa shape index (κ1) is 13.7. The molecule has 1 heterocycles. The van der Waals surface area contributed by atoms with Crippen molar-refractivity contribution in [3.05, 3.63) is 20.8 Å². The zero-order chi connectivity index (χ0) is 12.0. The number of carboxylic acid groups (broad SMARTS) is 1. The molecule has 3 N–H and O–H groups in total. The smallest absolute Gasteiger partial charge is 0.306 e. The fraction of sp³-hybridized carbons (Fsp3) is 0.545. The summed E-state index contributed by atoms with van der Waals surface area (Å²) in [7, 11) is 0. The van der Waals surface area contributed by atoms with Gasteiger partial charge < -0.3 is 10.8 Å². The quantitative estimate of drug-likeness (QED) is 0.761. The summed E-state index contributed by atoms with van der Waals surface area (Å²) in [6.07, 6.45) is 3.10. The van der Waals surface area contributed by atoms with E-state index in [2.05, 4.69) is 15.9 Å². The second kappa shape index (κ2) is 7.04. The molecule has 0 aliphatic heterocycles. The number of hydrogen-bond donors (Lipinski definition) is 2. The molecule has 0 spiro atoms. The second-order valence-corrected chi connectivity index (χ2v) is 5.57. The van der Waals surface area contributed by atoms with Crippen molar-refractivity contribution in [3.8, 4) is 0 Å². The van der Waals surface area contributed by atoms with Crippen molar-refractivity contribution in [2.24, 2.45) is 11.7 Å². The first-order valence-corrected chi connectivity index (χ1v) is 6.97. The van der Waals surface area contributed by atoms with Gasteiger partial charge in [0.15, 0.2) is 0 Å². The number of rotatable bonds is 7. The number of aliphatic carboxylic acids is 1. The molecule has 0 fully saturated rings. The number of carbonyl (C=O) groups is 1. The normalized spacial score (nSPS) is 12.6. The Hall–Kier alpha value is -0.390. The summed E-state index contributed by atoms with van der Waals surface area (Å²) >= 11 is 5.02. The molecule has 16 heavy (non-hydrogen) atoms. The lowest BCUT2D eigenvalue weighted by Gasteiger charge is -2.11. The fourth-order valence-electron chi connectivity index (χ4n) is 1.54. The molecule has 0 amide bonds. The van der Waals surface area contributed by atoms with Crippen LogP contribution in [0.3, 0.4) is 0 Å². The first-order chi connectivity index (χ1) is 7.65. The summed E-state index contributed by atoms with van der Waals surface area (Å²) in [5.41, 5.74) is 5.40. The summed E-state index contributed by atoms with van der Waals surface area (Å²) in [5, 5.41) is 11.1. The fourth-order valence-corrected chi connectivity index (χ4v) is 3.14. The van der Waals surface area contributed by atoms with E-state index in [1.807, 2.05) is 11.4 Å². The predicted molar refractivity (Wildman–Crippen MR) is 69.8 cm³/mol. The van der Waals surface area contributed by atoms with Gasteiger partial charge in [0.1, 0.15) is 0 Å². The van der Waals surface area contributed by atoms with Crippen LogP contribution in [0.25, 0.3) is 0 Å². The molecule has 90 valence electrons. The standard InChI is InChI=1S/C11H16BrNO2S/c12-9-4-6-16-10(9)7-8(11(14)15)3-1-2-5-13/h4,6,8H,1-3,5,7,13H2,(H,14,15). The van der Waals surface area contributed by atoms with E-state index < -0.39 is 5.97 Å². The van der Waals surface area contributed by atoms with Gasteiger partial charge in [-0.1, -0.05) is 6.42 Å². The molecule has 0 bridgehead atoms. The highest BCUT2D eigenvalue weighted by molar-refractivity contribution is 9.10. The van der Waals surface area contributed by atoms with Crippen LogP contribution < -0.4 is 5.73 Å². The van der Waals surface area contributed by atoms with Crippen LogP contribution >= 0.6 is 27.3 Å². The molecule has 5 heteroatoms. The zero-order valence-electron chi connectivity index (χ0n) is 8.99. The van der Waals surface area contributed by atoms with Gasteiger partial charge in [-0.3, -0.25) is 4.79 Å². The molecular weight excluding hydrogens is 290 g/mol. The minimum atomic E-state index is -0.711. The van der Waals surface area contributed by atoms with Gasteiger partial charge in [-0.25, -0.2) is 0 Å². The Morgan fingerprint density at radius 3 is 2.81 bits per heavy atom. The molecule has 1 aromatic heterocycles. The third-order valence-electron chi connectivity index (χ3n) is 2.48. The number of halogens is 1. The van der Waals surface area contributed by atoms with E-state index >= 15 is 0 Å². The average molecular weight is 306 g/mol. The van der Waals surface area contributed by atoms with Gasteiger partial charge in [-0.15, -0.1) is 11.3 Å². The van der Waals surface area contributed by atoms with Gasteiger partial charge in [-0.2, -0.15) is 0 Å². The van der Waals surface area contributed by atoms with Crippen LogP contribution in [0.15, 0.2) is 15.9 Å². The van der Waals surface area contributed by atoms with E-state index in [-0.39, 0.29) is 5.92 Å². The molecule has 1 rings (SSSR count). The van der Waals surface area contributed by atoms with Gasteiger partial charge in [0.05, 0.1) is 5.92 Å². The van der Waals surface area contributed by atoms with Crippen molar-refractivity contribution in [3.63, 3.8) is 0 Å². The minimum Gasteiger partial charge on any atom is -0.481 e. The molecule has 3 nitrogen and oxygen atoms in total. The third-order valence-corrected chi connectivity index (χ3v) is 4.43. The Labute approximate surface area is 108 Å². The molecule has 1 aromatic rings. The maximum atomic E-state index is 11.1. The Morgan fingerprint density at radius 2 is 2.31 bits per heavy atom. The highest BCUT2D eigenvalue weighted by atomic mass is 79.9. The Morgan fingerprint density at radius 1 is 1.56 bits per heavy atom. The van der Waals surface area contributed by atoms with Crippen LogP contribution in [0.2, 0.25) is 0 Å². The van der Waals surface area contributed by atoms with E-state index in [0.717, 1.165) is 22.2 Å². The number of thiophene rings is 1. The highest BCUT2D eigenvalue weighted by Crippen LogP contribution is 2.27. The van der Waals surface area contributed by atoms with Gasteiger partial charge >= 0.3 is 5.97 Å². The van der Waals surface area contributed by atoms with Crippen LogP contribution in [0.1, 0.15) is 24.1 Å². The Bertz CT molecular complexity index is 340. The first-order valence-electron chi connectivity index (χ1n) is 5.30. The van der Waals surface area contributed by atoms with E-state index in [4.69, 9.17) is 10.8 Å². The maximum absolute atomic E-state index is 11.1. The summed E-state index contributed by atoms with van der Waals surface area (Å²) in [6, 6.07) is 1.96. The van der Waals surface area contributed by atoms with Crippen molar-refractivity contribution in [1.82, 2.24) is 0 Å². The summed E-state index contributed by atoms with van der Waals surface area (Å²) in [4.78, 5) is 12.2. The maximum Gasteiger partial charge on any atom is 0.306 e. The van der Waals surface area contributed by atoms with E-state index in [9.17, 15) is 4.79 Å². The Balaban J connectivity index is 2.51. The molecular formula is C11H16BrNO2S. The predicted octanol–water partition coefficient (Wildman–Crippen LogP) is 2.88. The minimum absolute atomic E-state index is 0.290. The lowest BCUT2D eigenvalue weighted by atomic mass is 9.98. The van der Waals surface area contributed by atoms with Gasteiger partial charge in [0.2, 0.25) is 0 Å². The monoisotopic (exact) mass is 305 g/mol. The third kappa shape index (κ3) is 4.23. The van der Waals surface area contributed by atoms with Crippen molar-refractivity contribution in [2.75, 3.05) is 6.54 Å². The van der Waals surface area contributed by atoms with Crippen molar-refractivity contribution < 1.29 is 9.90 Å². The SMILES string of the molecule is NCCCCC(Cc1sccc1Br)C(=O)O. The molecule has 1 unspecified atom stereocenters. The van der Waals surface area contributed by atoms with E-state index in [1.54, 1.807) is 11.3 Å². The second-order valence-electron chi connectivity index (χ2n) is 3.72. The Kier molecular flexibility index (Phi) is 6.01. The number of carboxylic acids is 1. The molecule has 0 aromatic carbocycles. The molecule has 1 atom stereocenters. The van der Waals surface area contributed by atoms with E-state index in [0.29, 0.717) is 19.4 Å². The highest BCUT2D eigenvalue weighted by Gasteiger charge is 2.19. The largest absolute Gasteiger partial charge is 0.481 e. The number of unbranched alkanes of at least 4 members (excludes halogenated alkanes) is 1. The van der Waals surface area contributed by atoms with Crippen molar-refractivity contribution in [1.29, 1.82) is 0 Å². The van der Waals surface area contributed by atoms with Crippen LogP contribution in [-0.4, -0.2) is 17.6 Å². The summed E-state index contributed by atoms with van der Waals surface area (Å²) in [6.45, 7) is 0.634. The van der Waals surface area contributed by atoms with Crippen molar-refractivity contribution >= 4 is 33.2 Å². The van der Waals surface area contributed by atoms with Crippen LogP contribution in [0.4, 0.5) is 0 Å². The van der Waals surface area contributed by atoms with Crippen LogP contribution in [0, 0.1) is 5.92 Å². The molecule has 0 saturated carbocycles. The van der Waals surface area contributed by atoms with E-state index in [1.165, 1.54) is 0 Å². The topological polar surface area (TPSA) is 63.3 Å². The number of nitrogens with two attached hydrogens (primary N) is 1. The molecule has 0 saturated heterocycles. The molecule has 0 aliphatic rings. The molecule has 0 aliphatic carbocycles. The zero-order valence-corrected chi connectivity index (χ0v) is 11.4. The average Bonchev–Trinajstić information content (AvgIpc) is 2.63. The van der Waals surface area contributed by atoms with Gasteiger partial charge in [0.25, 0.3) is 0 Å². The van der Waals surface area contributed by atoms with Crippen molar-refractivity contribution in [2.45, 2.75) is 25.7 Å². The van der Waals surface area contributed by atoms with Crippen LogP contribution in [0.5, 0.6) is 0 Å². The van der Waals surface area contributed by atoms with Crippen LogP contribution in [-0.2, 0) is 11.2 Å². The summed E-state index contributed by atoms with van der Waals surface area (Å²) < 4.78 is 1.02. The lowest BCUT2D eigenvalue weighted by Crippen LogP contribution is -2.16. The lowest BCUT2D eigenvalue weighted by molar-refractivity contribution is -0.141.